The Morgan fingerprint density at radius 2 is 2.04 bits per heavy atom. The molecule has 0 bridgehead atoms. The van der Waals surface area contributed by atoms with Crippen molar-refractivity contribution in [1.82, 2.24) is 29.6 Å². The number of para-hydroxylation sites is 2. The van der Waals surface area contributed by atoms with E-state index < -0.39 is 0 Å². The molecule has 2 N–H and O–H groups in total. The number of nitrogen functional groups attached to an aromatic ring is 1. The Hall–Kier alpha value is -2.81. The zero-order chi connectivity index (χ0) is 16.7. The summed E-state index contributed by atoms with van der Waals surface area (Å²) in [4.78, 5) is 4.44. The smallest absolute Gasteiger partial charge is 0.271 e. The molecule has 9 heteroatoms. The molecule has 3 heterocycles. The number of nitrogens with zero attached hydrogens (tertiary/aromatic N) is 6. The van der Waals surface area contributed by atoms with Crippen molar-refractivity contribution < 1.29 is 4.42 Å². The van der Waals surface area contributed by atoms with Crippen LogP contribution in [0.3, 0.4) is 0 Å². The van der Waals surface area contributed by atoms with E-state index in [1.54, 1.807) is 4.68 Å². The van der Waals surface area contributed by atoms with Gasteiger partial charge in [-0.15, -0.1) is 10.2 Å². The lowest BCUT2D eigenvalue weighted by molar-refractivity contribution is 0.556. The van der Waals surface area contributed by atoms with E-state index in [1.807, 2.05) is 44.2 Å². The van der Waals surface area contributed by atoms with Gasteiger partial charge in [0.05, 0.1) is 11.4 Å². The summed E-state index contributed by atoms with van der Waals surface area (Å²) in [5, 5.41) is 13.2. The first kappa shape index (κ1) is 14.8. The van der Waals surface area contributed by atoms with E-state index in [9.17, 15) is 0 Å². The number of fused-ring (bicyclic) bond motifs is 1. The van der Waals surface area contributed by atoms with Gasteiger partial charge in [-0.3, -0.25) is 0 Å². The first-order valence-corrected chi connectivity index (χ1v) is 8.32. The van der Waals surface area contributed by atoms with Crippen LogP contribution in [0.2, 0.25) is 0 Å². The number of rotatable bonds is 4. The molecule has 0 aliphatic carbocycles. The average molecular weight is 341 g/mol. The minimum Gasteiger partial charge on any atom is -0.440 e. The van der Waals surface area contributed by atoms with Crippen molar-refractivity contribution in [2.45, 2.75) is 24.8 Å². The van der Waals surface area contributed by atoms with Gasteiger partial charge in [-0.1, -0.05) is 23.9 Å². The van der Waals surface area contributed by atoms with E-state index in [4.69, 9.17) is 10.3 Å². The predicted octanol–water partition coefficient (Wildman–Crippen LogP) is 2.23. The first-order valence-electron chi connectivity index (χ1n) is 7.33. The van der Waals surface area contributed by atoms with Crippen LogP contribution >= 0.6 is 11.8 Å². The summed E-state index contributed by atoms with van der Waals surface area (Å²) in [6.07, 6.45) is 0. The zero-order valence-corrected chi connectivity index (χ0v) is 14.0. The normalized spacial score (nSPS) is 11.4. The van der Waals surface area contributed by atoms with Gasteiger partial charge in [0.2, 0.25) is 11.0 Å². The minimum atomic E-state index is 0.473. The highest BCUT2D eigenvalue weighted by atomic mass is 32.2. The van der Waals surface area contributed by atoms with Crippen molar-refractivity contribution in [3.63, 3.8) is 0 Å². The lowest BCUT2D eigenvalue weighted by Crippen LogP contribution is -2.17. The number of hydrogen-bond donors (Lipinski definition) is 1. The highest BCUT2D eigenvalue weighted by Crippen LogP contribution is 2.24. The molecule has 0 atom stereocenters. The predicted molar refractivity (Wildman–Crippen MR) is 90.3 cm³/mol. The third kappa shape index (κ3) is 2.52. The topological polar surface area (TPSA) is 101 Å². The molecule has 0 fully saturated rings. The maximum Gasteiger partial charge on any atom is 0.271 e. The monoisotopic (exact) mass is 341 g/mol. The van der Waals surface area contributed by atoms with E-state index in [1.165, 1.54) is 16.4 Å². The molecule has 24 heavy (non-hydrogen) atoms. The molecular weight excluding hydrogens is 326 g/mol. The maximum atomic E-state index is 6.11. The lowest BCUT2D eigenvalue weighted by Gasteiger charge is -2.04. The van der Waals surface area contributed by atoms with E-state index in [2.05, 4.69) is 20.3 Å². The third-order valence-electron chi connectivity index (χ3n) is 3.51. The summed E-state index contributed by atoms with van der Waals surface area (Å²) in [5.41, 5.74) is 3.45. The van der Waals surface area contributed by atoms with Crippen LogP contribution in [0.25, 0.3) is 17.0 Å². The number of aryl methyl sites for hydroxylation is 2. The van der Waals surface area contributed by atoms with Crippen molar-refractivity contribution in [2.75, 3.05) is 5.84 Å². The second-order valence-corrected chi connectivity index (χ2v) is 6.30. The number of hydrogen-bond acceptors (Lipinski definition) is 7. The Morgan fingerprint density at radius 1 is 1.21 bits per heavy atom. The van der Waals surface area contributed by atoms with Crippen LogP contribution in [0.5, 0.6) is 0 Å². The van der Waals surface area contributed by atoms with E-state index in [-0.39, 0.29) is 0 Å². The Labute approximate surface area is 141 Å². The average Bonchev–Trinajstić information content (AvgIpc) is 3.22. The van der Waals surface area contributed by atoms with Gasteiger partial charge in [0.25, 0.3) is 5.95 Å². The Morgan fingerprint density at radius 3 is 2.79 bits per heavy atom. The second kappa shape index (κ2) is 5.68. The van der Waals surface area contributed by atoms with Crippen molar-refractivity contribution in [3.05, 3.63) is 47.6 Å². The summed E-state index contributed by atoms with van der Waals surface area (Å²) in [6, 6.07) is 9.61. The molecule has 0 radical (unpaired) electrons. The SMILES string of the molecule is Cc1cc(C)n(-c2nnc(SCc3nc4ccccc4o3)n2N)n1. The highest BCUT2D eigenvalue weighted by molar-refractivity contribution is 7.98. The zero-order valence-electron chi connectivity index (χ0n) is 13.2. The molecule has 0 unspecified atom stereocenters. The molecule has 3 aromatic heterocycles. The molecule has 0 aliphatic rings. The van der Waals surface area contributed by atoms with E-state index in [0.717, 1.165) is 22.5 Å². The molecule has 8 nitrogen and oxygen atoms in total. The fraction of sp³-hybridized carbons (Fsp3) is 0.200. The number of nitrogens with two attached hydrogens (primary N) is 1. The van der Waals surface area contributed by atoms with Gasteiger partial charge < -0.3 is 10.3 Å². The largest absolute Gasteiger partial charge is 0.440 e. The summed E-state index contributed by atoms with van der Waals surface area (Å²) < 4.78 is 8.79. The van der Waals surface area contributed by atoms with Crippen LogP contribution in [0, 0.1) is 13.8 Å². The summed E-state index contributed by atoms with van der Waals surface area (Å²) >= 11 is 1.41. The summed E-state index contributed by atoms with van der Waals surface area (Å²) in [7, 11) is 0. The van der Waals surface area contributed by atoms with Gasteiger partial charge in [-0.05, 0) is 32.0 Å². The van der Waals surface area contributed by atoms with Crippen molar-refractivity contribution in [1.29, 1.82) is 0 Å². The van der Waals surface area contributed by atoms with Gasteiger partial charge in [0.15, 0.2) is 5.58 Å². The Kier molecular flexibility index (Phi) is 3.49. The molecule has 0 saturated carbocycles. The van der Waals surface area contributed by atoms with Crippen LogP contribution in [-0.2, 0) is 5.75 Å². The molecule has 4 rings (SSSR count). The van der Waals surface area contributed by atoms with Gasteiger partial charge in [0, 0.05) is 5.69 Å². The number of aromatic nitrogens is 6. The van der Waals surface area contributed by atoms with Gasteiger partial charge in [0.1, 0.15) is 5.52 Å². The molecule has 122 valence electrons. The van der Waals surface area contributed by atoms with Crippen LogP contribution in [0.15, 0.2) is 39.9 Å². The van der Waals surface area contributed by atoms with Crippen LogP contribution in [-0.4, -0.2) is 29.6 Å². The van der Waals surface area contributed by atoms with Crippen LogP contribution in [0.4, 0.5) is 0 Å². The summed E-state index contributed by atoms with van der Waals surface area (Å²) in [5.74, 6) is 7.72. The van der Waals surface area contributed by atoms with Gasteiger partial charge in [-0.2, -0.15) is 5.10 Å². The molecule has 0 saturated heterocycles. The van der Waals surface area contributed by atoms with Gasteiger partial charge in [-0.25, -0.2) is 14.3 Å². The van der Waals surface area contributed by atoms with Crippen LogP contribution < -0.4 is 5.84 Å². The fourth-order valence-electron chi connectivity index (χ4n) is 2.45. The summed E-state index contributed by atoms with van der Waals surface area (Å²) in [6.45, 7) is 3.86. The quantitative estimate of drug-likeness (QED) is 0.448. The van der Waals surface area contributed by atoms with Crippen LogP contribution in [0.1, 0.15) is 17.3 Å². The van der Waals surface area contributed by atoms with E-state index in [0.29, 0.717) is 22.7 Å². The number of benzene rings is 1. The third-order valence-corrected chi connectivity index (χ3v) is 4.44. The number of oxazole rings is 1. The van der Waals surface area contributed by atoms with Crippen molar-refractivity contribution >= 4 is 22.9 Å². The van der Waals surface area contributed by atoms with Crippen molar-refractivity contribution in [2.24, 2.45) is 0 Å². The lowest BCUT2D eigenvalue weighted by atomic mass is 10.3. The minimum absolute atomic E-state index is 0.473. The number of thioether (sulfide) groups is 1. The molecule has 4 aromatic rings. The van der Waals surface area contributed by atoms with E-state index >= 15 is 0 Å². The maximum absolute atomic E-state index is 6.11. The molecular formula is C15H15N7OS. The highest BCUT2D eigenvalue weighted by Gasteiger charge is 2.16. The molecule has 0 aliphatic heterocycles. The van der Waals surface area contributed by atoms with Crippen molar-refractivity contribution in [3.8, 4) is 5.95 Å². The molecule has 1 aromatic carbocycles. The first-order chi connectivity index (χ1) is 11.6. The molecule has 0 amide bonds. The fourth-order valence-corrected chi connectivity index (χ4v) is 3.15. The standard InChI is InChI=1S/C15H15N7OS/c1-9-7-10(2)22(20-9)14-18-19-15(21(14)16)24-8-13-17-11-5-3-4-6-12(11)23-13/h3-7H,8,16H2,1-2H3. The Bertz CT molecular complexity index is 983. The molecule has 0 spiro atoms. The Balaban J connectivity index is 1.56. The van der Waals surface area contributed by atoms with Gasteiger partial charge >= 0.3 is 0 Å². The second-order valence-electron chi connectivity index (χ2n) is 5.36.